The highest BCUT2D eigenvalue weighted by Gasteiger charge is 2.45. The quantitative estimate of drug-likeness (QED) is 0.378. The number of alkyl halides is 2. The van der Waals surface area contributed by atoms with Gasteiger partial charge in [0.25, 0.3) is 17.7 Å². The molecule has 0 atom stereocenters. The minimum Gasteiger partial charge on any atom is -0.343 e. The molecule has 0 spiro atoms. The number of hydrogen-bond acceptors (Lipinski definition) is 7. The Morgan fingerprint density at radius 3 is 2.64 bits per heavy atom. The number of nitrogens with one attached hydrogen (secondary N) is 2. The molecule has 4 aromatic heterocycles. The number of hydroxylamine groups is 1. The van der Waals surface area contributed by atoms with E-state index >= 15 is 0 Å². The van der Waals surface area contributed by atoms with Crippen LogP contribution in [0.2, 0.25) is 5.02 Å². The summed E-state index contributed by atoms with van der Waals surface area (Å²) >= 11 is 6.29. The largest absolute Gasteiger partial charge is 0.343 e. The molecule has 1 saturated heterocycles. The van der Waals surface area contributed by atoms with Crippen LogP contribution in [0.4, 0.5) is 20.3 Å². The first-order valence-corrected chi connectivity index (χ1v) is 11.0. The van der Waals surface area contributed by atoms with Gasteiger partial charge < -0.3 is 10.2 Å². The molecule has 2 N–H and O–H groups in total. The van der Waals surface area contributed by atoms with Gasteiger partial charge in [-0.15, -0.1) is 5.10 Å². The number of rotatable bonds is 6. The van der Waals surface area contributed by atoms with Crippen LogP contribution in [0.5, 0.6) is 0 Å². The van der Waals surface area contributed by atoms with E-state index in [0.29, 0.717) is 11.1 Å². The lowest BCUT2D eigenvalue weighted by Crippen LogP contribution is -2.56. The number of aryl methyl sites for hydroxylation is 1. The Morgan fingerprint density at radius 1 is 1.17 bits per heavy atom. The number of anilines is 2. The van der Waals surface area contributed by atoms with Crippen molar-refractivity contribution >= 4 is 40.4 Å². The number of pyridine rings is 2. The number of amides is 2. The lowest BCUT2D eigenvalue weighted by molar-refractivity contribution is -0.0267. The summed E-state index contributed by atoms with van der Waals surface area (Å²) in [4.78, 5) is 36.7. The first-order chi connectivity index (χ1) is 17.2. The van der Waals surface area contributed by atoms with Gasteiger partial charge in [0.15, 0.2) is 17.3 Å². The molecule has 0 unspecified atom stereocenters. The molecule has 0 bridgehead atoms. The third kappa shape index (κ3) is 4.12. The molecule has 186 valence electrons. The Bertz CT molecular complexity index is 1490. The van der Waals surface area contributed by atoms with E-state index in [2.05, 4.69) is 26.0 Å². The SMILES string of the molecule is CONC(=O)c1c(NC(=O)c2cc(N3CC(F)(F)C3)nn2-c2ncccc2Cl)c(C)cc2ccnn12. The van der Waals surface area contributed by atoms with Crippen molar-refractivity contribution in [3.05, 3.63) is 64.7 Å². The zero-order valence-corrected chi connectivity index (χ0v) is 19.8. The van der Waals surface area contributed by atoms with Gasteiger partial charge in [0.1, 0.15) is 5.69 Å². The Kier molecular flexibility index (Phi) is 5.80. The van der Waals surface area contributed by atoms with Gasteiger partial charge in [0, 0.05) is 12.3 Å². The maximum Gasteiger partial charge on any atom is 0.295 e. The minimum atomic E-state index is -2.84. The van der Waals surface area contributed by atoms with E-state index in [1.807, 2.05) is 0 Å². The van der Waals surface area contributed by atoms with Crippen LogP contribution in [0.1, 0.15) is 26.5 Å². The second-order valence-corrected chi connectivity index (χ2v) is 8.54. The predicted octanol–water partition coefficient (Wildman–Crippen LogP) is 2.88. The van der Waals surface area contributed by atoms with Gasteiger partial charge in [0.2, 0.25) is 0 Å². The molecular weight excluding hydrogens is 498 g/mol. The highest BCUT2D eigenvalue weighted by molar-refractivity contribution is 6.32. The Labute approximate surface area is 207 Å². The average Bonchev–Trinajstić information content (AvgIpc) is 3.45. The molecule has 1 fully saturated rings. The normalized spacial score (nSPS) is 14.5. The van der Waals surface area contributed by atoms with Crippen molar-refractivity contribution in [3.63, 3.8) is 0 Å². The smallest absolute Gasteiger partial charge is 0.295 e. The van der Waals surface area contributed by atoms with Crippen LogP contribution in [-0.2, 0) is 4.84 Å². The molecule has 0 aliphatic carbocycles. The number of fused-ring (bicyclic) bond motifs is 1. The van der Waals surface area contributed by atoms with Crippen molar-refractivity contribution in [2.75, 3.05) is 30.4 Å². The van der Waals surface area contributed by atoms with Crippen molar-refractivity contribution in [2.45, 2.75) is 12.8 Å². The molecular formula is C22H19ClF2N8O3. The topological polar surface area (TPSA) is 119 Å². The van der Waals surface area contributed by atoms with Crippen LogP contribution in [0.3, 0.4) is 0 Å². The van der Waals surface area contributed by atoms with Crippen molar-refractivity contribution in [1.29, 1.82) is 0 Å². The Morgan fingerprint density at radius 2 is 1.94 bits per heavy atom. The second kappa shape index (κ2) is 8.84. The lowest BCUT2D eigenvalue weighted by Gasteiger charge is -2.38. The Hall–Kier alpha value is -4.10. The number of carbonyl (C=O) groups excluding carboxylic acids is 2. The number of hydrogen-bond donors (Lipinski definition) is 2. The first-order valence-electron chi connectivity index (χ1n) is 10.6. The summed E-state index contributed by atoms with van der Waals surface area (Å²) in [6, 6.07) is 7.98. The fraction of sp³-hybridized carbons (Fsp3) is 0.227. The summed E-state index contributed by atoms with van der Waals surface area (Å²) in [7, 11) is 1.28. The third-order valence-corrected chi connectivity index (χ3v) is 5.86. The van der Waals surface area contributed by atoms with E-state index in [9.17, 15) is 18.4 Å². The van der Waals surface area contributed by atoms with E-state index in [4.69, 9.17) is 16.4 Å². The molecule has 0 saturated carbocycles. The molecule has 1 aliphatic heterocycles. The molecule has 0 radical (unpaired) electrons. The average molecular weight is 517 g/mol. The fourth-order valence-electron chi connectivity index (χ4n) is 3.94. The van der Waals surface area contributed by atoms with Crippen LogP contribution in [0, 0.1) is 6.92 Å². The second-order valence-electron chi connectivity index (χ2n) is 8.13. The van der Waals surface area contributed by atoms with Crippen LogP contribution >= 0.6 is 11.6 Å². The summed E-state index contributed by atoms with van der Waals surface area (Å²) in [5.41, 5.74) is 3.60. The van der Waals surface area contributed by atoms with E-state index in [0.717, 1.165) is 0 Å². The zero-order chi connectivity index (χ0) is 25.6. The molecule has 2 amide bonds. The third-order valence-electron chi connectivity index (χ3n) is 5.56. The van der Waals surface area contributed by atoms with Gasteiger partial charge in [-0.2, -0.15) is 5.10 Å². The van der Waals surface area contributed by atoms with E-state index in [1.165, 1.54) is 39.7 Å². The molecule has 1 aliphatic rings. The predicted molar refractivity (Wildman–Crippen MR) is 126 cm³/mol. The Balaban J connectivity index is 1.58. The van der Waals surface area contributed by atoms with Gasteiger partial charge in [-0.25, -0.2) is 28.4 Å². The molecule has 11 nitrogen and oxygen atoms in total. The summed E-state index contributed by atoms with van der Waals surface area (Å²) in [6.45, 7) is 0.654. The number of aromatic nitrogens is 5. The number of carbonyl (C=O) groups is 2. The molecule has 14 heteroatoms. The number of nitrogens with zero attached hydrogens (tertiary/aromatic N) is 6. The fourth-order valence-corrected chi connectivity index (χ4v) is 4.14. The van der Waals surface area contributed by atoms with Crippen molar-refractivity contribution < 1.29 is 23.2 Å². The highest BCUT2D eigenvalue weighted by atomic mass is 35.5. The van der Waals surface area contributed by atoms with E-state index in [1.54, 1.807) is 31.2 Å². The maximum absolute atomic E-state index is 13.5. The molecule has 5 heterocycles. The monoisotopic (exact) mass is 516 g/mol. The summed E-state index contributed by atoms with van der Waals surface area (Å²) in [5, 5.41) is 11.4. The van der Waals surface area contributed by atoms with Crippen LogP contribution in [0.15, 0.2) is 42.7 Å². The van der Waals surface area contributed by atoms with Gasteiger partial charge in [0.05, 0.1) is 42.6 Å². The van der Waals surface area contributed by atoms with Crippen LogP contribution in [-0.4, -0.2) is 62.3 Å². The zero-order valence-electron chi connectivity index (χ0n) is 19.0. The maximum atomic E-state index is 13.5. The van der Waals surface area contributed by atoms with Gasteiger partial charge in [-0.1, -0.05) is 11.6 Å². The highest BCUT2D eigenvalue weighted by Crippen LogP contribution is 2.33. The van der Waals surface area contributed by atoms with Gasteiger partial charge >= 0.3 is 0 Å². The van der Waals surface area contributed by atoms with Crippen molar-refractivity contribution in [1.82, 2.24) is 29.9 Å². The molecule has 5 rings (SSSR count). The molecule has 36 heavy (non-hydrogen) atoms. The van der Waals surface area contributed by atoms with E-state index in [-0.39, 0.29) is 33.7 Å². The summed E-state index contributed by atoms with van der Waals surface area (Å²) < 4.78 is 29.5. The van der Waals surface area contributed by atoms with Crippen LogP contribution < -0.4 is 15.7 Å². The van der Waals surface area contributed by atoms with Crippen LogP contribution in [0.25, 0.3) is 11.3 Å². The van der Waals surface area contributed by atoms with Crippen molar-refractivity contribution in [2.24, 2.45) is 0 Å². The molecule has 0 aromatic carbocycles. The summed E-state index contributed by atoms with van der Waals surface area (Å²) in [5.74, 6) is -3.86. The standard InChI is InChI=1S/C22H19ClF2N8O3/c1-12-8-13-5-7-27-32(13)18(21(35)30-36-2)17(12)28-20(34)15-9-16(31-10-22(24,25)11-31)29-33(15)19-14(23)4-3-6-26-19/h3-9H,10-11H2,1-2H3,(H,28,34)(H,30,35). The van der Waals surface area contributed by atoms with Crippen molar-refractivity contribution in [3.8, 4) is 5.82 Å². The van der Waals surface area contributed by atoms with Gasteiger partial charge in [-0.05, 0) is 36.8 Å². The van der Waals surface area contributed by atoms with E-state index < -0.39 is 30.8 Å². The lowest BCUT2D eigenvalue weighted by atomic mass is 10.1. The molecule has 4 aromatic rings. The summed E-state index contributed by atoms with van der Waals surface area (Å²) in [6.07, 6.45) is 2.97. The minimum absolute atomic E-state index is 0.0229. The first kappa shape index (κ1) is 23.6. The van der Waals surface area contributed by atoms with Gasteiger partial charge in [-0.3, -0.25) is 14.4 Å². The number of halogens is 3.